The Bertz CT molecular complexity index is 540. The van der Waals surface area contributed by atoms with E-state index in [0.717, 1.165) is 36.7 Å². The van der Waals surface area contributed by atoms with Gasteiger partial charge in [0.1, 0.15) is 18.2 Å². The Morgan fingerprint density at radius 2 is 1.82 bits per heavy atom. The smallest absolute Gasteiger partial charge is 0.132 e. The first-order valence-electron chi connectivity index (χ1n) is 8.44. The number of nitrogens with one attached hydrogen (secondary N) is 1. The second-order valence-electron chi connectivity index (χ2n) is 6.03. The van der Waals surface area contributed by atoms with E-state index in [-0.39, 0.29) is 0 Å². The highest BCUT2D eigenvalue weighted by molar-refractivity contribution is 6.02. The molecule has 1 aromatic carbocycles. The molecule has 1 aromatic rings. The summed E-state index contributed by atoms with van der Waals surface area (Å²) in [6.45, 7) is 2.96. The minimum absolute atomic E-state index is 0.579. The Hall–Kier alpha value is -1.55. The van der Waals surface area contributed by atoms with Crippen molar-refractivity contribution in [3.05, 3.63) is 28.8 Å². The molecule has 1 heterocycles. The molecule has 0 unspecified atom stereocenters. The van der Waals surface area contributed by atoms with Crippen LogP contribution < -0.4 is 10.1 Å². The number of methoxy groups -OCH3 is 1. The minimum Gasteiger partial charge on any atom is -0.490 e. The van der Waals surface area contributed by atoms with Crippen LogP contribution in [0.15, 0.2) is 17.1 Å². The van der Waals surface area contributed by atoms with Crippen molar-refractivity contribution in [2.45, 2.75) is 38.5 Å². The fourth-order valence-corrected chi connectivity index (χ4v) is 3.23. The van der Waals surface area contributed by atoms with Crippen LogP contribution >= 0.6 is 0 Å². The summed E-state index contributed by atoms with van der Waals surface area (Å²) in [6.07, 6.45) is 7.60. The van der Waals surface area contributed by atoms with Crippen LogP contribution in [0.25, 0.3) is 0 Å². The van der Waals surface area contributed by atoms with Gasteiger partial charge in [-0.15, -0.1) is 0 Å². The van der Waals surface area contributed by atoms with Gasteiger partial charge in [0.25, 0.3) is 0 Å². The molecule has 3 rings (SSSR count). The van der Waals surface area contributed by atoms with Crippen molar-refractivity contribution in [3.8, 4) is 5.75 Å². The van der Waals surface area contributed by atoms with Crippen LogP contribution in [-0.2, 0) is 17.6 Å². The predicted molar refractivity (Wildman–Crippen MR) is 89.1 cm³/mol. The van der Waals surface area contributed by atoms with Gasteiger partial charge in [0.15, 0.2) is 0 Å². The Kier molecular flexibility index (Phi) is 5.33. The summed E-state index contributed by atoms with van der Waals surface area (Å²) in [5.41, 5.74) is 4.05. The first kappa shape index (κ1) is 15.3. The lowest BCUT2D eigenvalue weighted by Gasteiger charge is -2.19. The van der Waals surface area contributed by atoms with Crippen molar-refractivity contribution in [2.75, 3.05) is 33.4 Å². The fourth-order valence-electron chi connectivity index (χ4n) is 3.23. The van der Waals surface area contributed by atoms with E-state index in [1.54, 1.807) is 7.11 Å². The molecule has 1 N–H and O–H groups in total. The van der Waals surface area contributed by atoms with Crippen LogP contribution in [0.2, 0.25) is 0 Å². The van der Waals surface area contributed by atoms with Crippen LogP contribution in [0.4, 0.5) is 0 Å². The molecule has 0 saturated carbocycles. The highest BCUT2D eigenvalue weighted by Gasteiger charge is 2.18. The molecule has 0 atom stereocenters. The summed E-state index contributed by atoms with van der Waals surface area (Å²) < 4.78 is 11.1. The second kappa shape index (κ2) is 7.63. The monoisotopic (exact) mass is 302 g/mol. The van der Waals surface area contributed by atoms with Gasteiger partial charge in [-0.05, 0) is 48.9 Å². The molecule has 0 spiro atoms. The van der Waals surface area contributed by atoms with Crippen molar-refractivity contribution >= 4 is 5.84 Å². The van der Waals surface area contributed by atoms with Crippen molar-refractivity contribution in [3.63, 3.8) is 0 Å². The van der Waals surface area contributed by atoms with Crippen LogP contribution in [0.1, 0.15) is 42.4 Å². The number of hydrogen-bond acceptors (Lipinski definition) is 4. The van der Waals surface area contributed by atoms with Gasteiger partial charge in [-0.25, -0.2) is 0 Å². The van der Waals surface area contributed by atoms with Crippen molar-refractivity contribution in [2.24, 2.45) is 4.99 Å². The van der Waals surface area contributed by atoms with Gasteiger partial charge in [-0.2, -0.15) is 0 Å². The van der Waals surface area contributed by atoms with Gasteiger partial charge in [-0.1, -0.05) is 12.8 Å². The second-order valence-corrected chi connectivity index (χ2v) is 6.03. The summed E-state index contributed by atoms with van der Waals surface area (Å²) in [4.78, 5) is 4.58. The molecule has 0 amide bonds. The van der Waals surface area contributed by atoms with E-state index in [0.29, 0.717) is 13.2 Å². The third-order valence-electron chi connectivity index (χ3n) is 4.42. The minimum atomic E-state index is 0.579. The average molecular weight is 302 g/mol. The van der Waals surface area contributed by atoms with Crippen LogP contribution in [0.3, 0.4) is 0 Å². The van der Waals surface area contributed by atoms with E-state index in [1.807, 2.05) is 0 Å². The first-order valence-corrected chi connectivity index (χ1v) is 8.44. The van der Waals surface area contributed by atoms with Crippen molar-refractivity contribution in [1.82, 2.24) is 5.32 Å². The van der Waals surface area contributed by atoms with Gasteiger partial charge in [0, 0.05) is 13.7 Å². The van der Waals surface area contributed by atoms with E-state index in [9.17, 15) is 0 Å². The first-order chi connectivity index (χ1) is 10.9. The van der Waals surface area contributed by atoms with E-state index in [4.69, 9.17) is 9.47 Å². The quantitative estimate of drug-likeness (QED) is 0.851. The molecule has 0 radical (unpaired) electrons. The Balaban J connectivity index is 1.91. The number of benzene rings is 1. The van der Waals surface area contributed by atoms with E-state index < -0.39 is 0 Å². The summed E-state index contributed by atoms with van der Waals surface area (Å²) in [6, 6.07) is 4.55. The highest BCUT2D eigenvalue weighted by Crippen LogP contribution is 2.29. The zero-order valence-corrected chi connectivity index (χ0v) is 13.5. The van der Waals surface area contributed by atoms with Crippen LogP contribution in [0.5, 0.6) is 5.75 Å². The Morgan fingerprint density at radius 3 is 2.50 bits per heavy atom. The largest absolute Gasteiger partial charge is 0.490 e. The lowest BCUT2D eigenvalue weighted by molar-refractivity contribution is 0.146. The molecule has 1 aliphatic heterocycles. The normalized spacial score (nSPS) is 18.0. The maximum atomic E-state index is 5.98. The molecule has 0 aromatic heterocycles. The number of amidine groups is 1. The predicted octanol–water partition coefficient (Wildman–Crippen LogP) is 2.72. The molecular weight excluding hydrogens is 276 g/mol. The SMILES string of the molecule is COCCOc1cc2c(cc1C1=NCCN1)CCCCCC2. The van der Waals surface area contributed by atoms with Crippen molar-refractivity contribution < 1.29 is 9.47 Å². The standard InChI is InChI=1S/C18H26N2O2/c1-21-10-11-22-17-13-15-7-5-3-2-4-6-14(15)12-16(17)18-19-8-9-20-18/h12-13H,2-11H2,1H3,(H,19,20). The zero-order valence-electron chi connectivity index (χ0n) is 13.5. The molecule has 0 saturated heterocycles. The average Bonchev–Trinajstić information content (AvgIpc) is 3.03. The number of ether oxygens (including phenoxy) is 2. The maximum Gasteiger partial charge on any atom is 0.132 e. The molecule has 1 aliphatic carbocycles. The molecule has 4 heteroatoms. The summed E-state index contributed by atoms with van der Waals surface area (Å²) in [5, 5.41) is 3.38. The molecular formula is C18H26N2O2. The maximum absolute atomic E-state index is 5.98. The fraction of sp³-hybridized carbons (Fsp3) is 0.611. The molecule has 22 heavy (non-hydrogen) atoms. The van der Waals surface area contributed by atoms with Crippen LogP contribution in [-0.4, -0.2) is 39.2 Å². The van der Waals surface area contributed by atoms with E-state index in [1.165, 1.54) is 43.2 Å². The third kappa shape index (κ3) is 3.61. The van der Waals surface area contributed by atoms with Crippen molar-refractivity contribution in [1.29, 1.82) is 0 Å². The lowest BCUT2D eigenvalue weighted by Crippen LogP contribution is -2.21. The molecule has 120 valence electrons. The summed E-state index contributed by atoms with van der Waals surface area (Å²) >= 11 is 0. The topological polar surface area (TPSA) is 42.9 Å². The number of hydrogen-bond donors (Lipinski definition) is 1. The molecule has 2 aliphatic rings. The van der Waals surface area contributed by atoms with Gasteiger partial charge in [0.05, 0.1) is 18.7 Å². The van der Waals surface area contributed by atoms with Crippen LogP contribution in [0, 0.1) is 0 Å². The molecule has 0 fully saturated rings. The van der Waals surface area contributed by atoms with Gasteiger partial charge in [0.2, 0.25) is 0 Å². The van der Waals surface area contributed by atoms with E-state index >= 15 is 0 Å². The zero-order chi connectivity index (χ0) is 15.2. The van der Waals surface area contributed by atoms with Gasteiger partial charge >= 0.3 is 0 Å². The summed E-state index contributed by atoms with van der Waals surface area (Å²) in [5.74, 6) is 1.93. The summed E-state index contributed by atoms with van der Waals surface area (Å²) in [7, 11) is 1.70. The number of rotatable bonds is 5. The third-order valence-corrected chi connectivity index (χ3v) is 4.42. The van der Waals surface area contributed by atoms with E-state index in [2.05, 4.69) is 22.4 Å². The number of aryl methyl sites for hydroxylation is 2. The van der Waals surface area contributed by atoms with Gasteiger partial charge < -0.3 is 14.8 Å². The highest BCUT2D eigenvalue weighted by atomic mass is 16.5. The number of aliphatic imine (C=N–C) groups is 1. The Morgan fingerprint density at radius 1 is 1.05 bits per heavy atom. The number of nitrogens with zero attached hydrogens (tertiary/aromatic N) is 1. The molecule has 0 bridgehead atoms. The van der Waals surface area contributed by atoms with Gasteiger partial charge in [-0.3, -0.25) is 4.99 Å². The Labute approximate surface area is 132 Å². The number of fused-ring (bicyclic) bond motifs is 1. The lowest BCUT2D eigenvalue weighted by atomic mass is 9.91. The molecule has 4 nitrogen and oxygen atoms in total.